The van der Waals surface area contributed by atoms with Gasteiger partial charge in [-0.2, -0.15) is 19.6 Å². The molecule has 0 amide bonds. The summed E-state index contributed by atoms with van der Waals surface area (Å²) < 4.78 is 2.71. The highest BCUT2D eigenvalue weighted by molar-refractivity contribution is 7.12. The highest BCUT2D eigenvalue weighted by Gasteiger charge is 2.24. The molecule has 4 heterocycles. The van der Waals surface area contributed by atoms with Crippen LogP contribution in [0.4, 0.5) is 0 Å². The number of hydrogen-bond acceptors (Lipinski definition) is 10. The summed E-state index contributed by atoms with van der Waals surface area (Å²) in [6, 6.07) is 13.8. The monoisotopic (exact) mass is 558 g/mol. The van der Waals surface area contributed by atoms with Gasteiger partial charge in [0.2, 0.25) is 22.0 Å². The average Bonchev–Trinajstić information content (AvgIpc) is 3.70. The first kappa shape index (κ1) is 24.6. The Bertz CT molecular complexity index is 1700. The molecular weight excluding hydrogens is 536 g/mol. The van der Waals surface area contributed by atoms with Crippen LogP contribution in [0.3, 0.4) is 0 Å². The number of thiazole rings is 2. The first-order valence-electron chi connectivity index (χ1n) is 11.8. The number of aryl methyl sites for hydroxylation is 2. The zero-order valence-corrected chi connectivity index (χ0v) is 22.4. The second kappa shape index (κ2) is 9.57. The molecule has 0 bridgehead atoms. The number of hydrogen-bond donors (Lipinski definition) is 4. The van der Waals surface area contributed by atoms with E-state index in [0.29, 0.717) is 55.3 Å². The molecule has 0 spiro atoms. The third-order valence-electron chi connectivity index (χ3n) is 6.37. The second-order valence-electron chi connectivity index (χ2n) is 8.84. The van der Waals surface area contributed by atoms with Crippen molar-refractivity contribution in [1.82, 2.24) is 29.5 Å². The van der Waals surface area contributed by atoms with E-state index in [1.54, 1.807) is 61.0 Å². The van der Waals surface area contributed by atoms with Gasteiger partial charge in [0, 0.05) is 39.4 Å². The van der Waals surface area contributed by atoms with Gasteiger partial charge in [-0.15, -0.1) is 22.7 Å². The van der Waals surface area contributed by atoms with Crippen LogP contribution in [0.1, 0.15) is 22.5 Å². The lowest BCUT2D eigenvalue weighted by Crippen LogP contribution is -1.96. The number of benzene rings is 2. The van der Waals surface area contributed by atoms with Crippen LogP contribution < -0.4 is 0 Å². The van der Waals surface area contributed by atoms with Crippen LogP contribution in [0, 0.1) is 13.8 Å². The maximum atomic E-state index is 11.1. The molecule has 39 heavy (non-hydrogen) atoms. The summed E-state index contributed by atoms with van der Waals surface area (Å²) in [6.45, 7) is 3.55. The molecule has 0 fully saturated rings. The van der Waals surface area contributed by atoms with Crippen LogP contribution in [-0.2, 0) is 6.42 Å². The topological polar surface area (TPSA) is 142 Å². The molecule has 4 N–H and O–H groups in total. The number of aromatic nitrogens is 6. The van der Waals surface area contributed by atoms with Gasteiger partial charge in [-0.1, -0.05) is 24.3 Å². The van der Waals surface area contributed by atoms with Gasteiger partial charge in [-0.25, -0.2) is 9.97 Å². The van der Waals surface area contributed by atoms with Crippen LogP contribution in [0.2, 0.25) is 0 Å². The Hall–Kier alpha value is -4.68. The summed E-state index contributed by atoms with van der Waals surface area (Å²) in [4.78, 5) is 9.11. The fourth-order valence-corrected chi connectivity index (χ4v) is 5.85. The lowest BCUT2D eigenvalue weighted by atomic mass is 10.1. The van der Waals surface area contributed by atoms with E-state index in [2.05, 4.69) is 20.2 Å². The van der Waals surface area contributed by atoms with Crippen molar-refractivity contribution in [3.05, 3.63) is 81.8 Å². The second-order valence-corrected chi connectivity index (χ2v) is 10.5. The van der Waals surface area contributed by atoms with Crippen molar-refractivity contribution in [2.24, 2.45) is 0 Å². The van der Waals surface area contributed by atoms with E-state index >= 15 is 0 Å². The Morgan fingerprint density at radius 3 is 1.46 bits per heavy atom. The summed E-state index contributed by atoms with van der Waals surface area (Å²) in [5.41, 5.74) is 4.53. The Morgan fingerprint density at radius 1 is 0.641 bits per heavy atom. The van der Waals surface area contributed by atoms with Crippen LogP contribution in [0.15, 0.2) is 59.3 Å². The van der Waals surface area contributed by atoms with E-state index < -0.39 is 0 Å². The van der Waals surface area contributed by atoms with Crippen molar-refractivity contribution in [2.75, 3.05) is 0 Å². The number of phenols is 2. The Labute approximate surface area is 230 Å². The van der Waals surface area contributed by atoms with Crippen molar-refractivity contribution in [3.63, 3.8) is 0 Å². The minimum atomic E-state index is -0.0895. The Balaban J connectivity index is 1.31. The quantitative estimate of drug-likeness (QED) is 0.215. The molecule has 0 aliphatic rings. The molecule has 12 heteroatoms. The molecule has 4 aromatic heterocycles. The van der Waals surface area contributed by atoms with E-state index in [1.165, 1.54) is 32.0 Å². The molecule has 6 aromatic rings. The largest absolute Gasteiger partial charge is 0.507 e. The predicted molar refractivity (Wildman–Crippen MR) is 148 cm³/mol. The molecule has 0 saturated heterocycles. The van der Waals surface area contributed by atoms with E-state index in [0.717, 1.165) is 0 Å². The van der Waals surface area contributed by atoms with Crippen molar-refractivity contribution in [1.29, 1.82) is 0 Å². The number of nitrogens with zero attached hydrogens (tertiary/aromatic N) is 6. The molecule has 0 aliphatic heterocycles. The number of phenolic OH excluding ortho intramolecular Hbond substituents is 2. The van der Waals surface area contributed by atoms with Crippen molar-refractivity contribution >= 4 is 22.7 Å². The van der Waals surface area contributed by atoms with Crippen molar-refractivity contribution < 1.29 is 20.4 Å². The molecule has 0 aliphatic carbocycles. The first-order valence-corrected chi connectivity index (χ1v) is 13.6. The van der Waals surface area contributed by atoms with Crippen LogP contribution in [0.25, 0.3) is 32.8 Å². The van der Waals surface area contributed by atoms with Crippen molar-refractivity contribution in [3.8, 4) is 56.0 Å². The van der Waals surface area contributed by atoms with Gasteiger partial charge in [0.25, 0.3) is 0 Å². The predicted octanol–water partition coefficient (Wildman–Crippen LogP) is 5.34. The summed E-state index contributed by atoms with van der Waals surface area (Å²) in [5.74, 6) is 0.0558. The molecular formula is C27H22N6O4S2. The fourth-order valence-electron chi connectivity index (χ4n) is 4.30. The number of aromatic hydroxyl groups is 4. The lowest BCUT2D eigenvalue weighted by Gasteiger charge is -2.03. The number of rotatable bonds is 6. The molecule has 196 valence electrons. The summed E-state index contributed by atoms with van der Waals surface area (Å²) in [5, 5.41) is 56.0. The minimum absolute atomic E-state index is 0.0895. The van der Waals surface area contributed by atoms with Gasteiger partial charge in [-0.05, 0) is 38.1 Å². The van der Waals surface area contributed by atoms with Gasteiger partial charge in [0.05, 0.1) is 22.8 Å². The summed E-state index contributed by atoms with van der Waals surface area (Å²) in [6.07, 6.45) is 0.185. The minimum Gasteiger partial charge on any atom is -0.507 e. The van der Waals surface area contributed by atoms with Gasteiger partial charge >= 0.3 is 0 Å². The summed E-state index contributed by atoms with van der Waals surface area (Å²) >= 11 is 2.57. The zero-order valence-electron chi connectivity index (χ0n) is 20.8. The Morgan fingerprint density at radius 2 is 1.05 bits per heavy atom. The van der Waals surface area contributed by atoms with Gasteiger partial charge in [-0.3, -0.25) is 0 Å². The van der Waals surface area contributed by atoms with E-state index in [1.807, 2.05) is 12.1 Å². The number of para-hydroxylation sites is 2. The molecule has 0 unspecified atom stereocenters. The van der Waals surface area contributed by atoms with Gasteiger partial charge in [0.15, 0.2) is 0 Å². The lowest BCUT2D eigenvalue weighted by molar-refractivity contribution is 0.423. The standard InChI is InChI=1S/C27H22N6O4S2/c1-14-18(24(36)32(30-14)26-28-20(12-38-26)16-7-3-5-9-22(16)34)11-19-15(2)31-33(25(19)37)27-29-21(13-39-27)17-8-4-6-10-23(17)35/h3-10,12-13,34-37H,11H2,1-2H3. The van der Waals surface area contributed by atoms with E-state index in [9.17, 15) is 20.4 Å². The van der Waals surface area contributed by atoms with Gasteiger partial charge in [0.1, 0.15) is 11.5 Å². The van der Waals surface area contributed by atoms with Crippen LogP contribution in [-0.4, -0.2) is 50.0 Å². The normalized spacial score (nSPS) is 11.3. The van der Waals surface area contributed by atoms with E-state index in [4.69, 9.17) is 0 Å². The van der Waals surface area contributed by atoms with Gasteiger partial charge < -0.3 is 20.4 Å². The molecule has 2 aromatic carbocycles. The molecule has 0 radical (unpaired) electrons. The molecule has 0 saturated carbocycles. The Kier molecular flexibility index (Phi) is 6.04. The van der Waals surface area contributed by atoms with Crippen LogP contribution >= 0.6 is 22.7 Å². The van der Waals surface area contributed by atoms with E-state index in [-0.39, 0.29) is 29.7 Å². The van der Waals surface area contributed by atoms with Crippen LogP contribution in [0.5, 0.6) is 23.3 Å². The SMILES string of the molecule is Cc1nn(-c2nc(-c3ccccc3O)cs2)c(O)c1Cc1c(C)nn(-c2nc(-c3ccccc3O)cs2)c1O. The zero-order chi connectivity index (χ0) is 27.3. The summed E-state index contributed by atoms with van der Waals surface area (Å²) in [7, 11) is 0. The highest BCUT2D eigenvalue weighted by atomic mass is 32.1. The molecule has 0 atom stereocenters. The molecule has 10 nitrogen and oxygen atoms in total. The first-order chi connectivity index (χ1) is 18.8. The molecule has 6 rings (SSSR count). The maximum absolute atomic E-state index is 11.1. The third-order valence-corrected chi connectivity index (χ3v) is 8.01. The smallest absolute Gasteiger partial charge is 0.220 e. The average molecular weight is 559 g/mol. The van der Waals surface area contributed by atoms with Crippen molar-refractivity contribution in [2.45, 2.75) is 20.3 Å². The fraction of sp³-hybridized carbons (Fsp3) is 0.111. The maximum Gasteiger partial charge on any atom is 0.220 e. The third kappa shape index (κ3) is 4.29. The highest BCUT2D eigenvalue weighted by Crippen LogP contribution is 2.37.